The van der Waals surface area contributed by atoms with E-state index in [0.717, 1.165) is 18.5 Å². The van der Waals surface area contributed by atoms with Crippen molar-refractivity contribution in [3.05, 3.63) is 57.7 Å². The van der Waals surface area contributed by atoms with Gasteiger partial charge in [-0.1, -0.05) is 23.4 Å². The summed E-state index contributed by atoms with van der Waals surface area (Å²) in [5.41, 5.74) is 2.19. The molecule has 1 aliphatic carbocycles. The van der Waals surface area contributed by atoms with Crippen LogP contribution < -0.4 is 10.6 Å². The lowest BCUT2D eigenvalue weighted by molar-refractivity contribution is -0.145. The Kier molecular flexibility index (Phi) is 6.42. The molecule has 2 N–H and O–H groups in total. The van der Waals surface area contributed by atoms with Gasteiger partial charge in [0, 0.05) is 31.3 Å². The third-order valence-corrected chi connectivity index (χ3v) is 8.58. The van der Waals surface area contributed by atoms with E-state index in [0.29, 0.717) is 52.0 Å². The number of nitrogens with one attached hydrogen (secondary N) is 2. The Labute approximate surface area is 228 Å². The van der Waals surface area contributed by atoms with Gasteiger partial charge in [-0.05, 0) is 50.7 Å². The zero-order chi connectivity index (χ0) is 27.3. The number of rotatable bonds is 7. The van der Waals surface area contributed by atoms with Crippen LogP contribution >= 0.6 is 11.3 Å². The third-order valence-electron chi connectivity index (χ3n) is 7.41. The number of nitrogens with zero attached hydrogens (tertiary/aromatic N) is 4. The van der Waals surface area contributed by atoms with Crippen LogP contribution in [-0.2, 0) is 9.59 Å². The summed E-state index contributed by atoms with van der Waals surface area (Å²) in [6.45, 7) is 4.58. The summed E-state index contributed by atoms with van der Waals surface area (Å²) >= 11 is 1.21. The number of thiazole rings is 1. The molecule has 12 heteroatoms. The summed E-state index contributed by atoms with van der Waals surface area (Å²) < 4.78 is 5.27. The second-order valence-electron chi connectivity index (χ2n) is 10.2. The molecule has 11 nitrogen and oxygen atoms in total. The molecule has 39 heavy (non-hydrogen) atoms. The van der Waals surface area contributed by atoms with E-state index in [9.17, 15) is 19.2 Å². The average molecular weight is 549 g/mol. The second kappa shape index (κ2) is 9.92. The molecule has 1 aromatic carbocycles. The molecular formula is C27H28N6O5S. The van der Waals surface area contributed by atoms with Gasteiger partial charge in [0.2, 0.25) is 5.91 Å². The fraction of sp³-hybridized carbons (Fsp3) is 0.407. The zero-order valence-electron chi connectivity index (χ0n) is 21.6. The molecule has 4 heterocycles. The molecule has 4 amide bonds. The molecule has 0 bridgehead atoms. The molecule has 2 fully saturated rings. The van der Waals surface area contributed by atoms with Gasteiger partial charge in [0.1, 0.15) is 10.9 Å². The van der Waals surface area contributed by atoms with Crippen LogP contribution in [0.25, 0.3) is 10.8 Å². The lowest BCUT2D eigenvalue weighted by Gasteiger charge is -2.28. The summed E-state index contributed by atoms with van der Waals surface area (Å²) in [7, 11) is 0. The van der Waals surface area contributed by atoms with Crippen molar-refractivity contribution < 1.29 is 23.7 Å². The number of fused-ring (bicyclic) bond motifs is 2. The summed E-state index contributed by atoms with van der Waals surface area (Å²) in [6, 6.07) is 7.70. The van der Waals surface area contributed by atoms with Gasteiger partial charge < -0.3 is 15.2 Å². The van der Waals surface area contributed by atoms with Crippen molar-refractivity contribution in [2.24, 2.45) is 11.8 Å². The zero-order valence-corrected chi connectivity index (χ0v) is 22.4. The van der Waals surface area contributed by atoms with Gasteiger partial charge in [0.05, 0.1) is 17.3 Å². The number of hydrogen-bond acceptors (Lipinski definition) is 8. The predicted molar refractivity (Wildman–Crippen MR) is 140 cm³/mol. The van der Waals surface area contributed by atoms with Crippen LogP contribution in [0.1, 0.15) is 62.3 Å². The first-order chi connectivity index (χ1) is 18.8. The number of benzene rings is 1. The first-order valence-corrected chi connectivity index (χ1v) is 13.8. The van der Waals surface area contributed by atoms with Crippen LogP contribution in [0.4, 0.5) is 0 Å². The van der Waals surface area contributed by atoms with E-state index in [1.807, 2.05) is 6.92 Å². The lowest BCUT2D eigenvalue weighted by Crippen LogP contribution is -2.49. The van der Waals surface area contributed by atoms with E-state index in [2.05, 4.69) is 20.8 Å². The van der Waals surface area contributed by atoms with Crippen LogP contribution in [0.3, 0.4) is 0 Å². The smallest absolute Gasteiger partial charge is 0.272 e. The maximum atomic E-state index is 13.6. The van der Waals surface area contributed by atoms with Crippen molar-refractivity contribution in [2.75, 3.05) is 19.6 Å². The highest BCUT2D eigenvalue weighted by Gasteiger charge is 2.44. The number of carbonyl (C=O) groups is 4. The Balaban J connectivity index is 1.18. The quantitative estimate of drug-likeness (QED) is 0.463. The van der Waals surface area contributed by atoms with Gasteiger partial charge in [0.25, 0.3) is 17.7 Å². The molecule has 3 aromatic rings. The minimum Gasteiger partial charge on any atom is -0.353 e. The van der Waals surface area contributed by atoms with Crippen LogP contribution in [0, 0.1) is 25.7 Å². The van der Waals surface area contributed by atoms with Crippen molar-refractivity contribution in [1.82, 2.24) is 30.8 Å². The van der Waals surface area contributed by atoms with E-state index in [1.165, 1.54) is 21.4 Å². The minimum atomic E-state index is -0.977. The topological polar surface area (TPSA) is 138 Å². The molecule has 6 rings (SSSR count). The summed E-state index contributed by atoms with van der Waals surface area (Å²) in [6.07, 6.45) is 2.43. The van der Waals surface area contributed by atoms with Crippen LogP contribution in [-0.4, -0.2) is 63.4 Å². The van der Waals surface area contributed by atoms with Crippen molar-refractivity contribution in [1.29, 1.82) is 0 Å². The lowest BCUT2D eigenvalue weighted by atomic mass is 9.97. The number of aromatic nitrogens is 2. The SMILES string of the molecule is Cc1cc(-c2nc(C)c(C(=O)NC[C@H](C(=O)N[C@@H]3C(=O)N4CCCN4C(=O)c4ccccc43)C3CC3)s2)on1. The molecule has 3 aliphatic rings. The Bertz CT molecular complexity index is 1480. The number of hydrazine groups is 1. The summed E-state index contributed by atoms with van der Waals surface area (Å²) in [5, 5.41) is 13.2. The molecule has 2 atom stereocenters. The molecular weight excluding hydrogens is 520 g/mol. The molecule has 1 saturated heterocycles. The standard InChI is InChI=1S/C27H28N6O5S/c1-14-12-20(38-31-14)25-29-15(2)22(39-25)24(35)28-13-19(16-8-9-16)23(34)30-21-17-6-3-4-7-18(17)26(36)32-10-5-11-33(32)27(21)37/h3-4,6-7,12,16,19,21H,5,8-11,13H2,1-2H3,(H,28,35)(H,30,34)/t19-,21-/m0/s1. The van der Waals surface area contributed by atoms with Gasteiger partial charge in [-0.2, -0.15) is 0 Å². The van der Waals surface area contributed by atoms with Crippen molar-refractivity contribution in [3.8, 4) is 10.8 Å². The number of carbonyl (C=O) groups excluding carboxylic acids is 4. The van der Waals surface area contributed by atoms with E-state index >= 15 is 0 Å². The van der Waals surface area contributed by atoms with E-state index in [-0.39, 0.29) is 36.1 Å². The second-order valence-corrected chi connectivity index (χ2v) is 11.2. The first-order valence-electron chi connectivity index (χ1n) is 13.0. The monoisotopic (exact) mass is 548 g/mol. The third kappa shape index (κ3) is 4.69. The molecule has 2 aromatic heterocycles. The number of aryl methyl sites for hydroxylation is 2. The summed E-state index contributed by atoms with van der Waals surface area (Å²) in [5.74, 6) is -1.09. The van der Waals surface area contributed by atoms with E-state index in [1.54, 1.807) is 37.3 Å². The maximum Gasteiger partial charge on any atom is 0.272 e. The van der Waals surface area contributed by atoms with Gasteiger partial charge in [0.15, 0.2) is 10.8 Å². The van der Waals surface area contributed by atoms with E-state index in [4.69, 9.17) is 4.52 Å². The van der Waals surface area contributed by atoms with Gasteiger partial charge in [-0.3, -0.25) is 19.2 Å². The van der Waals surface area contributed by atoms with Crippen LogP contribution in [0.2, 0.25) is 0 Å². The summed E-state index contributed by atoms with van der Waals surface area (Å²) in [4.78, 5) is 58.2. The molecule has 0 spiro atoms. The molecule has 2 aliphatic heterocycles. The Morgan fingerprint density at radius 1 is 1.15 bits per heavy atom. The Morgan fingerprint density at radius 3 is 2.67 bits per heavy atom. The van der Waals surface area contributed by atoms with Crippen molar-refractivity contribution in [3.63, 3.8) is 0 Å². The molecule has 0 unspecified atom stereocenters. The number of hydrogen-bond donors (Lipinski definition) is 2. The van der Waals surface area contributed by atoms with E-state index < -0.39 is 12.0 Å². The van der Waals surface area contributed by atoms with Gasteiger partial charge in [-0.15, -0.1) is 11.3 Å². The fourth-order valence-electron chi connectivity index (χ4n) is 5.24. The highest BCUT2D eigenvalue weighted by Crippen LogP contribution is 2.38. The number of amides is 4. The van der Waals surface area contributed by atoms with Crippen LogP contribution in [0.5, 0.6) is 0 Å². The largest absolute Gasteiger partial charge is 0.353 e. The van der Waals surface area contributed by atoms with Crippen LogP contribution in [0.15, 0.2) is 34.9 Å². The molecule has 0 radical (unpaired) electrons. The Hall–Kier alpha value is -4.06. The first kappa shape index (κ1) is 25.2. The highest BCUT2D eigenvalue weighted by atomic mass is 32.1. The van der Waals surface area contributed by atoms with Crippen molar-refractivity contribution in [2.45, 2.75) is 39.2 Å². The Morgan fingerprint density at radius 2 is 1.92 bits per heavy atom. The highest BCUT2D eigenvalue weighted by molar-refractivity contribution is 7.17. The van der Waals surface area contributed by atoms with Gasteiger partial charge >= 0.3 is 0 Å². The van der Waals surface area contributed by atoms with Gasteiger partial charge in [-0.25, -0.2) is 15.0 Å². The minimum absolute atomic E-state index is 0.113. The predicted octanol–water partition coefficient (Wildman–Crippen LogP) is 2.63. The average Bonchev–Trinajstić information content (AvgIpc) is 3.31. The maximum absolute atomic E-state index is 13.6. The van der Waals surface area contributed by atoms with Crippen molar-refractivity contribution >= 4 is 35.0 Å². The normalized spacial score (nSPS) is 19.4. The molecule has 1 saturated carbocycles. The molecule has 202 valence electrons. The fourth-order valence-corrected chi connectivity index (χ4v) is 6.17.